The van der Waals surface area contributed by atoms with Crippen molar-refractivity contribution in [3.8, 4) is 5.75 Å². The Labute approximate surface area is 220 Å². The molecule has 3 aromatic rings. The van der Waals surface area contributed by atoms with Gasteiger partial charge in [0.15, 0.2) is 0 Å². The van der Waals surface area contributed by atoms with Gasteiger partial charge in [0.25, 0.3) is 16.1 Å². The summed E-state index contributed by atoms with van der Waals surface area (Å²) in [6, 6.07) is 11.4. The van der Waals surface area contributed by atoms with E-state index >= 15 is 0 Å². The van der Waals surface area contributed by atoms with Crippen LogP contribution >= 0.6 is 11.3 Å². The van der Waals surface area contributed by atoms with Crippen molar-refractivity contribution in [1.82, 2.24) is 14.6 Å². The first kappa shape index (κ1) is 26.8. The Bertz CT molecular complexity index is 1390. The molecule has 1 aliphatic carbocycles. The second kappa shape index (κ2) is 10.6. The van der Waals surface area contributed by atoms with Crippen LogP contribution in [0.5, 0.6) is 5.75 Å². The number of carbonyl (C=O) groups excluding carboxylic acids is 2. The van der Waals surface area contributed by atoms with Crippen molar-refractivity contribution in [1.29, 1.82) is 0 Å². The van der Waals surface area contributed by atoms with E-state index in [9.17, 15) is 18.0 Å². The van der Waals surface area contributed by atoms with E-state index in [1.54, 1.807) is 23.7 Å². The lowest BCUT2D eigenvalue weighted by Crippen LogP contribution is -2.39. The monoisotopic (exact) mass is 546 g/mol. The van der Waals surface area contributed by atoms with E-state index in [1.807, 2.05) is 43.3 Å². The first-order chi connectivity index (χ1) is 17.5. The lowest BCUT2D eigenvalue weighted by atomic mass is 9.94. The summed E-state index contributed by atoms with van der Waals surface area (Å²) >= 11 is 1.24. The van der Waals surface area contributed by atoms with Crippen LogP contribution in [-0.2, 0) is 33.4 Å². The predicted molar refractivity (Wildman–Crippen MR) is 139 cm³/mol. The Morgan fingerprint density at radius 1 is 1.19 bits per heavy atom. The molecular formula is C25H30N4O6S2. The summed E-state index contributed by atoms with van der Waals surface area (Å²) in [5.41, 5.74) is 0.311. The number of thiazole rings is 1. The summed E-state index contributed by atoms with van der Waals surface area (Å²) in [6.45, 7) is 4.22. The first-order valence-corrected chi connectivity index (χ1v) is 14.2. The zero-order chi connectivity index (χ0) is 26.8. The van der Waals surface area contributed by atoms with Crippen LogP contribution < -0.4 is 14.6 Å². The van der Waals surface area contributed by atoms with Crippen LogP contribution in [0.3, 0.4) is 0 Å². The van der Waals surface area contributed by atoms with Gasteiger partial charge in [-0.1, -0.05) is 12.1 Å². The lowest BCUT2D eigenvalue weighted by Gasteiger charge is -2.27. The molecule has 2 amide bonds. The second-order valence-corrected chi connectivity index (χ2v) is 11.7. The number of furan rings is 1. The van der Waals surface area contributed by atoms with Gasteiger partial charge < -0.3 is 14.1 Å². The van der Waals surface area contributed by atoms with Crippen LogP contribution in [0.15, 0.2) is 40.8 Å². The SMILES string of the molecule is COc1ccc(C2(C(=O)N(CCCc3ccc(C)o3)Cc3nc(C(=O)NS(N)(=O)=O)c(C)s3)CC2)cc1. The fraction of sp³-hybridized carbons (Fsp3) is 0.400. The zero-order valence-corrected chi connectivity index (χ0v) is 22.6. The molecule has 2 aromatic heterocycles. The molecule has 0 saturated heterocycles. The normalized spacial score (nSPS) is 14.3. The molecule has 37 heavy (non-hydrogen) atoms. The molecule has 1 saturated carbocycles. The Morgan fingerprint density at radius 2 is 1.89 bits per heavy atom. The highest BCUT2D eigenvalue weighted by molar-refractivity contribution is 7.87. The van der Waals surface area contributed by atoms with Crippen LogP contribution in [0.25, 0.3) is 0 Å². The number of aromatic nitrogens is 1. The van der Waals surface area contributed by atoms with E-state index < -0.39 is 21.5 Å². The van der Waals surface area contributed by atoms with Crippen molar-refractivity contribution in [2.24, 2.45) is 5.14 Å². The maximum atomic E-state index is 13.9. The van der Waals surface area contributed by atoms with E-state index in [-0.39, 0.29) is 18.1 Å². The van der Waals surface area contributed by atoms with E-state index in [1.165, 1.54) is 11.3 Å². The minimum absolute atomic E-state index is 0.00307. The molecule has 0 unspecified atom stereocenters. The third-order valence-electron chi connectivity index (χ3n) is 6.35. The Morgan fingerprint density at radius 3 is 2.46 bits per heavy atom. The molecule has 0 aliphatic heterocycles. The maximum absolute atomic E-state index is 13.9. The number of ether oxygens (including phenoxy) is 1. The number of rotatable bonds is 11. The number of amides is 2. The number of nitrogens with two attached hydrogens (primary N) is 1. The summed E-state index contributed by atoms with van der Waals surface area (Å²) in [4.78, 5) is 32.9. The van der Waals surface area contributed by atoms with Gasteiger partial charge in [0.2, 0.25) is 5.91 Å². The molecule has 0 atom stereocenters. The minimum Gasteiger partial charge on any atom is -0.497 e. The Balaban J connectivity index is 1.55. The van der Waals surface area contributed by atoms with E-state index in [0.29, 0.717) is 29.3 Å². The molecule has 198 valence electrons. The molecule has 12 heteroatoms. The second-order valence-electron chi connectivity index (χ2n) is 9.14. The standard InChI is InChI=1S/C25H30N4O6S2/c1-16-6-9-20(35-16)5-4-14-29(15-21-27-22(17(2)36-21)23(30)28-37(26,32)33)24(31)25(12-13-25)18-7-10-19(34-3)11-8-18/h6-11H,4-5,12-15H2,1-3H3,(H,28,30)(H2,26,32,33). The van der Waals surface area contributed by atoms with E-state index in [4.69, 9.17) is 14.3 Å². The van der Waals surface area contributed by atoms with Gasteiger partial charge in [-0.15, -0.1) is 11.3 Å². The molecule has 3 N–H and O–H groups in total. The van der Waals surface area contributed by atoms with Gasteiger partial charge in [-0.3, -0.25) is 9.59 Å². The fourth-order valence-corrected chi connectivity index (χ4v) is 5.65. The molecule has 0 bridgehead atoms. The van der Waals surface area contributed by atoms with Crippen molar-refractivity contribution in [2.75, 3.05) is 13.7 Å². The van der Waals surface area contributed by atoms with Gasteiger partial charge in [-0.05, 0) is 62.9 Å². The van der Waals surface area contributed by atoms with Gasteiger partial charge >= 0.3 is 0 Å². The molecule has 1 aromatic carbocycles. The predicted octanol–water partition coefficient (Wildman–Crippen LogP) is 2.99. The number of hydrogen-bond donors (Lipinski definition) is 2. The fourth-order valence-electron chi connectivity index (χ4n) is 4.35. The summed E-state index contributed by atoms with van der Waals surface area (Å²) in [5.74, 6) is 1.51. The van der Waals surface area contributed by atoms with Gasteiger partial charge in [0.05, 0.1) is 19.1 Å². The highest BCUT2D eigenvalue weighted by Gasteiger charge is 2.53. The Kier molecular flexibility index (Phi) is 7.72. The Hall–Kier alpha value is -3.22. The zero-order valence-electron chi connectivity index (χ0n) is 20.9. The summed E-state index contributed by atoms with van der Waals surface area (Å²) in [6.07, 6.45) is 2.84. The third-order valence-corrected chi connectivity index (χ3v) is 7.78. The van der Waals surface area contributed by atoms with Crippen molar-refractivity contribution < 1.29 is 27.2 Å². The number of aryl methyl sites for hydroxylation is 3. The minimum atomic E-state index is -4.22. The van der Waals surface area contributed by atoms with Crippen LogP contribution in [-0.4, -0.2) is 43.8 Å². The van der Waals surface area contributed by atoms with Crippen LogP contribution in [0.2, 0.25) is 0 Å². The average Bonchev–Trinajstić information content (AvgIpc) is 3.42. The van der Waals surface area contributed by atoms with Crippen LogP contribution in [0, 0.1) is 13.8 Å². The van der Waals surface area contributed by atoms with Gasteiger partial charge in [-0.25, -0.2) is 14.8 Å². The highest BCUT2D eigenvalue weighted by atomic mass is 32.2. The van der Waals surface area contributed by atoms with Crippen molar-refractivity contribution >= 4 is 33.4 Å². The van der Waals surface area contributed by atoms with Gasteiger partial charge in [0, 0.05) is 17.8 Å². The van der Waals surface area contributed by atoms with Crippen molar-refractivity contribution in [3.63, 3.8) is 0 Å². The summed E-state index contributed by atoms with van der Waals surface area (Å²) < 4.78 is 35.2. The summed E-state index contributed by atoms with van der Waals surface area (Å²) in [7, 11) is -2.62. The maximum Gasteiger partial charge on any atom is 0.299 e. The van der Waals surface area contributed by atoms with Crippen LogP contribution in [0.1, 0.15) is 56.7 Å². The van der Waals surface area contributed by atoms with E-state index in [2.05, 4.69) is 4.98 Å². The largest absolute Gasteiger partial charge is 0.497 e. The van der Waals surface area contributed by atoms with Gasteiger partial charge in [-0.2, -0.15) is 8.42 Å². The number of hydrogen-bond acceptors (Lipinski definition) is 8. The topological polar surface area (TPSA) is 145 Å². The average molecular weight is 547 g/mol. The van der Waals surface area contributed by atoms with Crippen molar-refractivity contribution in [2.45, 2.75) is 51.5 Å². The van der Waals surface area contributed by atoms with Crippen LogP contribution in [0.4, 0.5) is 0 Å². The molecular weight excluding hydrogens is 516 g/mol. The molecule has 10 nitrogen and oxygen atoms in total. The molecule has 1 fully saturated rings. The number of carbonyl (C=O) groups is 2. The number of nitrogens with one attached hydrogen (secondary N) is 1. The van der Waals surface area contributed by atoms with E-state index in [0.717, 1.165) is 35.7 Å². The summed E-state index contributed by atoms with van der Waals surface area (Å²) in [5, 5.41) is 5.46. The molecule has 2 heterocycles. The van der Waals surface area contributed by atoms with Gasteiger partial charge in [0.1, 0.15) is 28.0 Å². The third kappa shape index (κ3) is 6.38. The highest BCUT2D eigenvalue weighted by Crippen LogP contribution is 2.50. The molecule has 4 rings (SSSR count). The molecule has 1 aliphatic rings. The number of nitrogens with zero attached hydrogens (tertiary/aromatic N) is 2. The first-order valence-electron chi connectivity index (χ1n) is 11.8. The molecule has 0 spiro atoms. The van der Waals surface area contributed by atoms with Crippen molar-refractivity contribution in [3.05, 3.63) is 69.1 Å². The smallest absolute Gasteiger partial charge is 0.299 e. The quantitative estimate of drug-likeness (QED) is 0.376. The lowest BCUT2D eigenvalue weighted by molar-refractivity contribution is -0.134. The number of benzene rings is 1. The number of methoxy groups -OCH3 is 1. The molecule has 0 radical (unpaired) electrons.